The molecule has 0 atom stereocenters. The number of carbonyl (C=O) groups is 2. The second kappa shape index (κ2) is 7.32. The second-order valence-electron chi connectivity index (χ2n) is 6.20. The van der Waals surface area contributed by atoms with Gasteiger partial charge >= 0.3 is 0 Å². The summed E-state index contributed by atoms with van der Waals surface area (Å²) in [5.41, 5.74) is 2.58. The molecule has 0 saturated heterocycles. The molecule has 7 nitrogen and oxygen atoms in total. The normalized spacial score (nSPS) is 11.9. The van der Waals surface area contributed by atoms with Crippen molar-refractivity contribution in [1.82, 2.24) is 4.98 Å². The summed E-state index contributed by atoms with van der Waals surface area (Å²) < 4.78 is 10.6. The number of aromatic nitrogens is 1. The number of ether oxygens (including phenoxy) is 2. The predicted molar refractivity (Wildman–Crippen MR) is 107 cm³/mol. The molecule has 0 fully saturated rings. The third kappa shape index (κ3) is 3.67. The maximum absolute atomic E-state index is 12.7. The van der Waals surface area contributed by atoms with Gasteiger partial charge in [-0.15, -0.1) is 11.3 Å². The van der Waals surface area contributed by atoms with Crippen molar-refractivity contribution in [3.05, 3.63) is 53.0 Å². The third-order valence-corrected chi connectivity index (χ3v) is 5.11. The zero-order valence-electron chi connectivity index (χ0n) is 15.2. The fraction of sp³-hybridized carbons (Fsp3) is 0.150. The molecule has 2 aromatic carbocycles. The number of benzene rings is 2. The number of nitrogens with zero attached hydrogens (tertiary/aromatic N) is 1. The summed E-state index contributed by atoms with van der Waals surface area (Å²) in [4.78, 5) is 29.1. The number of amides is 2. The van der Waals surface area contributed by atoms with Crippen molar-refractivity contribution in [3.63, 3.8) is 0 Å². The number of thiazole rings is 1. The summed E-state index contributed by atoms with van der Waals surface area (Å²) in [6.07, 6.45) is 0. The Morgan fingerprint density at radius 2 is 1.71 bits per heavy atom. The third-order valence-electron chi connectivity index (χ3n) is 4.09. The van der Waals surface area contributed by atoms with Gasteiger partial charge in [0.1, 0.15) is 10.7 Å². The molecule has 8 heteroatoms. The van der Waals surface area contributed by atoms with Crippen LogP contribution in [0.2, 0.25) is 0 Å². The smallest absolute Gasteiger partial charge is 0.275 e. The van der Waals surface area contributed by atoms with Crippen molar-refractivity contribution in [1.29, 1.82) is 0 Å². The van der Waals surface area contributed by atoms with E-state index in [2.05, 4.69) is 15.6 Å². The highest BCUT2D eigenvalue weighted by Crippen LogP contribution is 2.35. The second-order valence-corrected chi connectivity index (χ2v) is 7.41. The molecule has 0 aliphatic carbocycles. The SMILES string of the molecule is CC(=O)Nc1ccc(-c2nc(C(=O)Nc3ccc4c(c3)OCO4)c(C)s2)cc1. The Kier molecular flexibility index (Phi) is 4.70. The molecule has 3 aromatic rings. The Balaban J connectivity index is 1.52. The molecular formula is C20H17N3O4S. The molecule has 2 amide bonds. The topological polar surface area (TPSA) is 89.6 Å². The molecule has 0 spiro atoms. The van der Waals surface area contributed by atoms with E-state index in [1.165, 1.54) is 18.3 Å². The fourth-order valence-electron chi connectivity index (χ4n) is 2.79. The Labute approximate surface area is 165 Å². The minimum atomic E-state index is -0.284. The van der Waals surface area contributed by atoms with Gasteiger partial charge in [0.25, 0.3) is 5.91 Å². The van der Waals surface area contributed by atoms with Crippen LogP contribution in [-0.4, -0.2) is 23.6 Å². The first kappa shape index (κ1) is 18.0. The number of anilines is 2. The number of aryl methyl sites for hydroxylation is 1. The average molecular weight is 395 g/mol. The molecule has 142 valence electrons. The highest BCUT2D eigenvalue weighted by Gasteiger charge is 2.18. The maximum Gasteiger partial charge on any atom is 0.275 e. The maximum atomic E-state index is 12.7. The summed E-state index contributed by atoms with van der Waals surface area (Å²) in [6, 6.07) is 12.6. The van der Waals surface area contributed by atoms with Gasteiger partial charge in [0.05, 0.1) is 0 Å². The summed E-state index contributed by atoms with van der Waals surface area (Å²) in [7, 11) is 0. The van der Waals surface area contributed by atoms with Crippen molar-refractivity contribution in [2.75, 3.05) is 17.4 Å². The van der Waals surface area contributed by atoms with E-state index < -0.39 is 0 Å². The molecule has 1 aromatic heterocycles. The van der Waals surface area contributed by atoms with Crippen LogP contribution in [-0.2, 0) is 4.79 Å². The molecule has 1 aliphatic heterocycles. The van der Waals surface area contributed by atoms with E-state index in [0.29, 0.717) is 28.6 Å². The molecule has 4 rings (SSSR count). The zero-order valence-corrected chi connectivity index (χ0v) is 16.1. The van der Waals surface area contributed by atoms with E-state index in [4.69, 9.17) is 9.47 Å². The highest BCUT2D eigenvalue weighted by molar-refractivity contribution is 7.15. The van der Waals surface area contributed by atoms with Crippen molar-refractivity contribution < 1.29 is 19.1 Å². The molecule has 2 N–H and O–H groups in total. The van der Waals surface area contributed by atoms with Gasteiger partial charge in [-0.05, 0) is 43.3 Å². The quantitative estimate of drug-likeness (QED) is 0.695. The Bertz CT molecular complexity index is 1060. The van der Waals surface area contributed by atoms with Crippen molar-refractivity contribution in [2.24, 2.45) is 0 Å². The van der Waals surface area contributed by atoms with E-state index in [1.54, 1.807) is 30.3 Å². The number of rotatable bonds is 4. The molecule has 28 heavy (non-hydrogen) atoms. The van der Waals surface area contributed by atoms with E-state index in [1.807, 2.05) is 19.1 Å². The van der Waals surface area contributed by atoms with Gasteiger partial charge in [-0.3, -0.25) is 9.59 Å². The number of carbonyl (C=O) groups excluding carboxylic acids is 2. The van der Waals surface area contributed by atoms with Crippen LogP contribution >= 0.6 is 11.3 Å². The van der Waals surface area contributed by atoms with Gasteiger partial charge in [0.2, 0.25) is 12.7 Å². The summed E-state index contributed by atoms with van der Waals surface area (Å²) in [5.74, 6) is 0.856. The van der Waals surface area contributed by atoms with E-state index >= 15 is 0 Å². The first-order valence-electron chi connectivity index (χ1n) is 8.56. The minimum Gasteiger partial charge on any atom is -0.454 e. The molecule has 0 bridgehead atoms. The summed E-state index contributed by atoms with van der Waals surface area (Å²) in [5, 5.41) is 6.31. The van der Waals surface area contributed by atoms with Crippen LogP contribution < -0.4 is 20.1 Å². The van der Waals surface area contributed by atoms with E-state index in [-0.39, 0.29) is 18.6 Å². The molecule has 2 heterocycles. The van der Waals surface area contributed by atoms with Gasteiger partial charge < -0.3 is 20.1 Å². The zero-order chi connectivity index (χ0) is 19.7. The van der Waals surface area contributed by atoms with E-state index in [0.717, 1.165) is 15.4 Å². The first-order valence-corrected chi connectivity index (χ1v) is 9.38. The van der Waals surface area contributed by atoms with Crippen LogP contribution in [0.1, 0.15) is 22.3 Å². The lowest BCUT2D eigenvalue weighted by atomic mass is 10.2. The van der Waals surface area contributed by atoms with Gasteiger partial charge in [0, 0.05) is 34.8 Å². The van der Waals surface area contributed by atoms with Crippen molar-refractivity contribution >= 4 is 34.5 Å². The van der Waals surface area contributed by atoms with Gasteiger partial charge in [-0.25, -0.2) is 4.98 Å². The number of hydrogen-bond donors (Lipinski definition) is 2. The lowest BCUT2D eigenvalue weighted by molar-refractivity contribution is -0.114. The van der Waals surface area contributed by atoms with E-state index in [9.17, 15) is 9.59 Å². The predicted octanol–water partition coefficient (Wildman–Crippen LogP) is 4.06. The Hall–Kier alpha value is -3.39. The molecule has 0 radical (unpaired) electrons. The number of nitrogens with one attached hydrogen (secondary N) is 2. The summed E-state index contributed by atoms with van der Waals surface area (Å²) in [6.45, 7) is 3.51. The minimum absolute atomic E-state index is 0.125. The van der Waals surface area contributed by atoms with Crippen LogP contribution in [0.4, 0.5) is 11.4 Å². The fourth-order valence-corrected chi connectivity index (χ4v) is 3.71. The first-order chi connectivity index (χ1) is 13.5. The van der Waals surface area contributed by atoms with Gasteiger partial charge in [-0.2, -0.15) is 0 Å². The lowest BCUT2D eigenvalue weighted by Gasteiger charge is -2.05. The van der Waals surface area contributed by atoms with Crippen LogP contribution in [0.25, 0.3) is 10.6 Å². The van der Waals surface area contributed by atoms with Crippen LogP contribution in [0, 0.1) is 6.92 Å². The molecular weight excluding hydrogens is 378 g/mol. The monoisotopic (exact) mass is 395 g/mol. The Morgan fingerprint density at radius 3 is 2.46 bits per heavy atom. The number of fused-ring (bicyclic) bond motifs is 1. The standard InChI is InChI=1S/C20H17N3O4S/c1-11-18(19(25)22-15-7-8-16-17(9-15)27-10-26-16)23-20(28-11)13-3-5-14(6-4-13)21-12(2)24/h3-9H,10H2,1-2H3,(H,21,24)(H,22,25). The summed E-state index contributed by atoms with van der Waals surface area (Å²) >= 11 is 1.44. The largest absolute Gasteiger partial charge is 0.454 e. The number of hydrogen-bond acceptors (Lipinski definition) is 6. The Morgan fingerprint density at radius 1 is 1.00 bits per heavy atom. The lowest BCUT2D eigenvalue weighted by Crippen LogP contribution is -2.13. The van der Waals surface area contributed by atoms with Crippen molar-refractivity contribution in [3.8, 4) is 22.1 Å². The van der Waals surface area contributed by atoms with Crippen LogP contribution in [0.5, 0.6) is 11.5 Å². The average Bonchev–Trinajstić information content (AvgIpc) is 3.28. The van der Waals surface area contributed by atoms with Crippen LogP contribution in [0.15, 0.2) is 42.5 Å². The highest BCUT2D eigenvalue weighted by atomic mass is 32.1. The van der Waals surface area contributed by atoms with Gasteiger partial charge in [-0.1, -0.05) is 0 Å². The molecule has 0 saturated carbocycles. The van der Waals surface area contributed by atoms with Crippen LogP contribution in [0.3, 0.4) is 0 Å². The molecule has 1 aliphatic rings. The molecule has 0 unspecified atom stereocenters. The van der Waals surface area contributed by atoms with Gasteiger partial charge in [0.15, 0.2) is 11.5 Å². The van der Waals surface area contributed by atoms with Crippen molar-refractivity contribution in [2.45, 2.75) is 13.8 Å².